The number of piperidine rings is 1. The SMILES string of the molecule is CCc1ccc(CS(=O)(=O)N2CCCCC2C(=O)O)cc1. The molecule has 1 heterocycles. The zero-order valence-electron chi connectivity index (χ0n) is 12.2. The summed E-state index contributed by atoms with van der Waals surface area (Å²) >= 11 is 0. The van der Waals surface area contributed by atoms with Crippen LogP contribution in [-0.2, 0) is 27.0 Å². The summed E-state index contributed by atoms with van der Waals surface area (Å²) in [4.78, 5) is 11.2. The Kier molecular flexibility index (Phi) is 5.00. The molecule has 116 valence electrons. The Hall–Kier alpha value is -1.40. The van der Waals surface area contributed by atoms with Gasteiger partial charge in [0, 0.05) is 6.54 Å². The minimum atomic E-state index is -3.60. The Labute approximate surface area is 125 Å². The van der Waals surface area contributed by atoms with Crippen molar-refractivity contribution < 1.29 is 18.3 Å². The summed E-state index contributed by atoms with van der Waals surface area (Å²) in [7, 11) is -3.60. The summed E-state index contributed by atoms with van der Waals surface area (Å²) in [5, 5.41) is 9.20. The molecule has 1 unspecified atom stereocenters. The number of carboxylic acids is 1. The lowest BCUT2D eigenvalue weighted by molar-refractivity contribution is -0.142. The quantitative estimate of drug-likeness (QED) is 0.902. The molecular weight excluding hydrogens is 290 g/mol. The average molecular weight is 311 g/mol. The fourth-order valence-corrected chi connectivity index (χ4v) is 4.42. The summed E-state index contributed by atoms with van der Waals surface area (Å²) in [6.07, 6.45) is 2.77. The Morgan fingerprint density at radius 1 is 1.24 bits per heavy atom. The average Bonchev–Trinajstić information content (AvgIpc) is 2.47. The normalized spacial score (nSPS) is 20.3. The monoisotopic (exact) mass is 311 g/mol. The molecule has 0 amide bonds. The van der Waals surface area contributed by atoms with Crippen LogP contribution in [0.25, 0.3) is 0 Å². The molecule has 1 atom stereocenters. The van der Waals surface area contributed by atoms with Crippen molar-refractivity contribution in [2.45, 2.75) is 44.4 Å². The van der Waals surface area contributed by atoms with Crippen molar-refractivity contribution >= 4 is 16.0 Å². The third-order valence-electron chi connectivity index (χ3n) is 3.88. The largest absolute Gasteiger partial charge is 0.480 e. The predicted octanol–water partition coefficient (Wildman–Crippen LogP) is 2.02. The molecule has 1 saturated heterocycles. The minimum absolute atomic E-state index is 0.138. The molecule has 0 bridgehead atoms. The molecule has 5 nitrogen and oxygen atoms in total. The maximum absolute atomic E-state index is 12.5. The van der Waals surface area contributed by atoms with Gasteiger partial charge in [0.2, 0.25) is 10.0 Å². The molecule has 2 rings (SSSR count). The van der Waals surface area contributed by atoms with Crippen molar-refractivity contribution in [2.75, 3.05) is 6.54 Å². The van der Waals surface area contributed by atoms with Crippen LogP contribution in [0.1, 0.15) is 37.3 Å². The molecule has 0 aromatic heterocycles. The fourth-order valence-electron chi connectivity index (χ4n) is 2.65. The zero-order valence-corrected chi connectivity index (χ0v) is 13.0. The Morgan fingerprint density at radius 2 is 1.86 bits per heavy atom. The van der Waals surface area contributed by atoms with Crippen molar-refractivity contribution in [1.29, 1.82) is 0 Å². The summed E-state index contributed by atoms with van der Waals surface area (Å²) in [6, 6.07) is 6.51. The van der Waals surface area contributed by atoms with Crippen LogP contribution in [0.15, 0.2) is 24.3 Å². The molecule has 0 spiro atoms. The lowest BCUT2D eigenvalue weighted by Crippen LogP contribution is -2.48. The van der Waals surface area contributed by atoms with E-state index in [1.807, 2.05) is 19.1 Å². The molecule has 1 N–H and O–H groups in total. The van der Waals surface area contributed by atoms with Gasteiger partial charge in [0.25, 0.3) is 0 Å². The van der Waals surface area contributed by atoms with Crippen LogP contribution < -0.4 is 0 Å². The van der Waals surface area contributed by atoms with Gasteiger partial charge in [0.1, 0.15) is 6.04 Å². The second-order valence-electron chi connectivity index (χ2n) is 5.39. The number of aliphatic carboxylic acids is 1. The van der Waals surface area contributed by atoms with E-state index >= 15 is 0 Å². The molecule has 21 heavy (non-hydrogen) atoms. The van der Waals surface area contributed by atoms with Gasteiger partial charge in [0.05, 0.1) is 5.75 Å². The van der Waals surface area contributed by atoms with Crippen molar-refractivity contribution in [3.8, 4) is 0 Å². The minimum Gasteiger partial charge on any atom is -0.480 e. The van der Waals surface area contributed by atoms with Crippen molar-refractivity contribution in [3.63, 3.8) is 0 Å². The first-order chi connectivity index (χ1) is 9.94. The molecule has 1 aromatic rings. The van der Waals surface area contributed by atoms with Gasteiger partial charge >= 0.3 is 5.97 Å². The number of rotatable bonds is 5. The first-order valence-electron chi connectivity index (χ1n) is 7.24. The molecule has 1 aliphatic heterocycles. The number of hydrogen-bond donors (Lipinski definition) is 1. The molecular formula is C15H21NO4S. The maximum atomic E-state index is 12.5. The van der Waals surface area contributed by atoms with Crippen LogP contribution in [0.4, 0.5) is 0 Å². The van der Waals surface area contributed by atoms with E-state index in [0.29, 0.717) is 18.5 Å². The molecule has 1 aromatic carbocycles. The summed E-state index contributed by atoms with van der Waals surface area (Å²) in [5.74, 6) is -1.19. The van der Waals surface area contributed by atoms with Gasteiger partial charge < -0.3 is 5.11 Å². The third kappa shape index (κ3) is 3.83. The highest BCUT2D eigenvalue weighted by Gasteiger charge is 2.36. The van der Waals surface area contributed by atoms with Gasteiger partial charge in [-0.25, -0.2) is 8.42 Å². The summed E-state index contributed by atoms with van der Waals surface area (Å²) in [5.41, 5.74) is 1.85. The number of hydrogen-bond acceptors (Lipinski definition) is 3. The Bertz CT molecular complexity index is 595. The first-order valence-corrected chi connectivity index (χ1v) is 8.85. The third-order valence-corrected chi connectivity index (χ3v) is 5.73. The van der Waals surface area contributed by atoms with Crippen LogP contribution >= 0.6 is 0 Å². The standard InChI is InChI=1S/C15H21NO4S/c1-2-12-6-8-13(9-7-12)11-21(19,20)16-10-4-3-5-14(16)15(17)18/h6-9,14H,2-5,10-11H2,1H3,(H,17,18). The molecule has 0 aliphatic carbocycles. The second kappa shape index (κ2) is 6.58. The predicted molar refractivity (Wildman–Crippen MR) is 80.4 cm³/mol. The van der Waals surface area contributed by atoms with E-state index in [1.165, 1.54) is 0 Å². The number of aryl methyl sites for hydroxylation is 1. The lowest BCUT2D eigenvalue weighted by atomic mass is 10.1. The van der Waals surface area contributed by atoms with Crippen LogP contribution in [0, 0.1) is 0 Å². The smallest absolute Gasteiger partial charge is 0.322 e. The molecule has 0 saturated carbocycles. The molecule has 0 radical (unpaired) electrons. The van der Waals surface area contributed by atoms with Crippen LogP contribution in [0.3, 0.4) is 0 Å². The molecule has 1 aliphatic rings. The van der Waals surface area contributed by atoms with E-state index in [1.54, 1.807) is 12.1 Å². The van der Waals surface area contributed by atoms with Gasteiger partial charge in [-0.05, 0) is 36.8 Å². The number of carbonyl (C=O) groups is 1. The Balaban J connectivity index is 2.17. The summed E-state index contributed by atoms with van der Waals surface area (Å²) < 4.78 is 26.1. The highest BCUT2D eigenvalue weighted by atomic mass is 32.2. The van der Waals surface area contributed by atoms with E-state index in [0.717, 1.165) is 29.1 Å². The van der Waals surface area contributed by atoms with E-state index in [4.69, 9.17) is 0 Å². The lowest BCUT2D eigenvalue weighted by Gasteiger charge is -2.31. The van der Waals surface area contributed by atoms with E-state index in [-0.39, 0.29) is 5.75 Å². The van der Waals surface area contributed by atoms with Crippen LogP contribution in [-0.4, -0.2) is 36.4 Å². The van der Waals surface area contributed by atoms with E-state index in [9.17, 15) is 18.3 Å². The van der Waals surface area contributed by atoms with Gasteiger partial charge in [-0.1, -0.05) is 31.2 Å². The number of sulfonamides is 1. The highest BCUT2D eigenvalue weighted by Crippen LogP contribution is 2.23. The number of benzene rings is 1. The van der Waals surface area contributed by atoms with E-state index < -0.39 is 22.0 Å². The maximum Gasteiger partial charge on any atom is 0.322 e. The zero-order chi connectivity index (χ0) is 15.5. The number of carboxylic acid groups (broad SMARTS) is 1. The van der Waals surface area contributed by atoms with Gasteiger partial charge in [0.15, 0.2) is 0 Å². The molecule has 6 heteroatoms. The van der Waals surface area contributed by atoms with E-state index in [2.05, 4.69) is 0 Å². The highest BCUT2D eigenvalue weighted by molar-refractivity contribution is 7.88. The van der Waals surface area contributed by atoms with Gasteiger partial charge in [-0.15, -0.1) is 0 Å². The topological polar surface area (TPSA) is 74.7 Å². The van der Waals surface area contributed by atoms with Gasteiger partial charge in [-0.3, -0.25) is 4.79 Å². The van der Waals surface area contributed by atoms with Gasteiger partial charge in [-0.2, -0.15) is 4.31 Å². The molecule has 1 fully saturated rings. The Morgan fingerprint density at radius 3 is 2.43 bits per heavy atom. The van der Waals surface area contributed by atoms with Crippen molar-refractivity contribution in [1.82, 2.24) is 4.31 Å². The first kappa shape index (κ1) is 16.0. The summed E-state index contributed by atoms with van der Waals surface area (Å²) in [6.45, 7) is 2.34. The van der Waals surface area contributed by atoms with Crippen molar-refractivity contribution in [3.05, 3.63) is 35.4 Å². The fraction of sp³-hybridized carbons (Fsp3) is 0.533. The van der Waals surface area contributed by atoms with Crippen LogP contribution in [0.2, 0.25) is 0 Å². The van der Waals surface area contributed by atoms with Crippen LogP contribution in [0.5, 0.6) is 0 Å². The van der Waals surface area contributed by atoms with Crippen molar-refractivity contribution in [2.24, 2.45) is 0 Å². The second-order valence-corrected chi connectivity index (χ2v) is 7.31. The number of nitrogens with zero attached hydrogens (tertiary/aromatic N) is 1.